The molecule has 0 aliphatic carbocycles. The topological polar surface area (TPSA) is 66.0 Å². The maximum absolute atomic E-state index is 8.87. The van der Waals surface area contributed by atoms with E-state index in [1.165, 1.54) is 11.5 Å². The molecule has 0 atom stereocenters. The zero-order chi connectivity index (χ0) is 18.4. The fourth-order valence-electron chi connectivity index (χ4n) is 2.72. The lowest BCUT2D eigenvalue weighted by atomic mass is 10.1. The Kier molecular flexibility index (Phi) is 5.17. The number of hydrogen-bond acceptors (Lipinski definition) is 4. The van der Waals surface area contributed by atoms with Crippen LogP contribution in [0.2, 0.25) is 0 Å². The van der Waals surface area contributed by atoms with Crippen molar-refractivity contribution in [1.29, 1.82) is 10.5 Å². The highest BCUT2D eigenvalue weighted by Crippen LogP contribution is 2.30. The minimum atomic E-state index is 0.0384. The van der Waals surface area contributed by atoms with E-state index in [2.05, 4.69) is 18.2 Å². The van der Waals surface area contributed by atoms with Gasteiger partial charge in [0, 0.05) is 0 Å². The van der Waals surface area contributed by atoms with Crippen molar-refractivity contribution in [2.24, 2.45) is 0 Å². The Labute approximate surface area is 152 Å². The molecule has 0 aromatic heterocycles. The molecule has 0 bridgehead atoms. The van der Waals surface area contributed by atoms with Crippen LogP contribution in [0.4, 0.5) is 0 Å². The van der Waals surface area contributed by atoms with E-state index in [9.17, 15) is 0 Å². The molecule has 0 fully saturated rings. The summed E-state index contributed by atoms with van der Waals surface area (Å²) in [6.45, 7) is 0.411. The van der Waals surface area contributed by atoms with Crippen molar-refractivity contribution >= 4 is 16.8 Å². The molecule has 26 heavy (non-hydrogen) atoms. The Morgan fingerprint density at radius 1 is 0.962 bits per heavy atom. The van der Waals surface area contributed by atoms with Crippen molar-refractivity contribution in [3.05, 3.63) is 77.4 Å². The molecular formula is C22H16N2O2. The zero-order valence-electron chi connectivity index (χ0n) is 14.3. The molecule has 0 spiro atoms. The van der Waals surface area contributed by atoms with Gasteiger partial charge in [-0.1, -0.05) is 48.5 Å². The first-order chi connectivity index (χ1) is 12.7. The third-order valence-electron chi connectivity index (χ3n) is 4.00. The van der Waals surface area contributed by atoms with Crippen LogP contribution in [0.5, 0.6) is 11.5 Å². The fourth-order valence-corrected chi connectivity index (χ4v) is 2.72. The highest BCUT2D eigenvalue weighted by molar-refractivity contribution is 5.85. The first-order valence-corrected chi connectivity index (χ1v) is 8.04. The summed E-state index contributed by atoms with van der Waals surface area (Å²) in [4.78, 5) is 0. The van der Waals surface area contributed by atoms with Gasteiger partial charge in [-0.3, -0.25) is 0 Å². The van der Waals surface area contributed by atoms with E-state index in [0.29, 0.717) is 23.7 Å². The fraction of sp³-hybridized carbons (Fsp3) is 0.0909. The van der Waals surface area contributed by atoms with Gasteiger partial charge in [-0.2, -0.15) is 10.5 Å². The van der Waals surface area contributed by atoms with Gasteiger partial charge < -0.3 is 9.47 Å². The molecule has 3 aromatic rings. The monoisotopic (exact) mass is 340 g/mol. The Hall–Kier alpha value is -3.76. The average Bonchev–Trinajstić information content (AvgIpc) is 2.70. The van der Waals surface area contributed by atoms with E-state index in [0.717, 1.165) is 10.9 Å². The van der Waals surface area contributed by atoms with E-state index in [1.54, 1.807) is 25.3 Å². The summed E-state index contributed by atoms with van der Waals surface area (Å²) < 4.78 is 11.3. The molecule has 3 aromatic carbocycles. The maximum Gasteiger partial charge on any atom is 0.161 e. The van der Waals surface area contributed by atoms with Crippen LogP contribution >= 0.6 is 0 Å². The Morgan fingerprint density at radius 2 is 1.73 bits per heavy atom. The average molecular weight is 340 g/mol. The number of rotatable bonds is 5. The second-order valence-electron chi connectivity index (χ2n) is 5.62. The van der Waals surface area contributed by atoms with Crippen LogP contribution in [0.1, 0.15) is 11.1 Å². The molecular weight excluding hydrogens is 324 g/mol. The maximum atomic E-state index is 8.87. The minimum Gasteiger partial charge on any atom is -0.493 e. The van der Waals surface area contributed by atoms with Crippen LogP contribution in [-0.2, 0) is 6.61 Å². The number of benzene rings is 3. The third kappa shape index (κ3) is 3.66. The van der Waals surface area contributed by atoms with Crippen molar-refractivity contribution in [2.75, 3.05) is 7.11 Å². The molecule has 4 nitrogen and oxygen atoms in total. The molecule has 0 aliphatic heterocycles. The number of ether oxygens (including phenoxy) is 2. The minimum absolute atomic E-state index is 0.0384. The summed E-state index contributed by atoms with van der Waals surface area (Å²) in [6, 6.07) is 23.3. The number of allylic oxidation sites excluding steroid dienone is 1. The van der Waals surface area contributed by atoms with Gasteiger partial charge in [-0.25, -0.2) is 0 Å². The predicted molar refractivity (Wildman–Crippen MR) is 100 cm³/mol. The van der Waals surface area contributed by atoms with E-state index in [1.807, 2.05) is 36.4 Å². The van der Waals surface area contributed by atoms with Crippen molar-refractivity contribution in [3.8, 4) is 23.6 Å². The summed E-state index contributed by atoms with van der Waals surface area (Å²) in [7, 11) is 1.56. The SMILES string of the molecule is COc1cc(C=C(C#N)C#N)ccc1OCc1cccc2ccccc12. The molecule has 0 saturated carbocycles. The van der Waals surface area contributed by atoms with Crippen molar-refractivity contribution in [3.63, 3.8) is 0 Å². The molecule has 0 aliphatic rings. The van der Waals surface area contributed by atoms with Crippen molar-refractivity contribution < 1.29 is 9.47 Å². The van der Waals surface area contributed by atoms with E-state index in [-0.39, 0.29) is 5.57 Å². The van der Waals surface area contributed by atoms with Crippen LogP contribution in [0.3, 0.4) is 0 Å². The highest BCUT2D eigenvalue weighted by atomic mass is 16.5. The van der Waals surface area contributed by atoms with Gasteiger partial charge >= 0.3 is 0 Å². The molecule has 0 amide bonds. The van der Waals surface area contributed by atoms with Crippen molar-refractivity contribution in [2.45, 2.75) is 6.61 Å². The van der Waals surface area contributed by atoms with Crippen LogP contribution in [-0.4, -0.2) is 7.11 Å². The predicted octanol–water partition coefficient (Wildman–Crippen LogP) is 4.86. The zero-order valence-corrected chi connectivity index (χ0v) is 14.3. The molecule has 0 saturated heterocycles. The molecule has 0 unspecified atom stereocenters. The van der Waals surface area contributed by atoms with Crippen molar-refractivity contribution in [1.82, 2.24) is 0 Å². The Balaban J connectivity index is 1.85. The van der Waals surface area contributed by atoms with Gasteiger partial charge in [0.2, 0.25) is 0 Å². The molecule has 4 heteroatoms. The first kappa shape index (κ1) is 17.1. The summed E-state index contributed by atoms with van der Waals surface area (Å²) in [5, 5.41) is 20.1. The van der Waals surface area contributed by atoms with Crippen LogP contribution in [0.25, 0.3) is 16.8 Å². The van der Waals surface area contributed by atoms with Gasteiger partial charge in [0.15, 0.2) is 11.5 Å². The van der Waals surface area contributed by atoms with E-state index in [4.69, 9.17) is 20.0 Å². The number of fused-ring (bicyclic) bond motifs is 1. The quantitative estimate of drug-likeness (QED) is 0.622. The standard InChI is InChI=1S/C22H16N2O2/c1-25-22-12-16(11-17(13-23)14-24)9-10-21(22)26-15-19-7-4-6-18-5-2-3-8-20(18)19/h2-12H,15H2,1H3. The number of methoxy groups -OCH3 is 1. The van der Waals surface area contributed by atoms with Gasteiger partial charge in [-0.05, 0) is 40.1 Å². The third-order valence-corrected chi connectivity index (χ3v) is 4.00. The van der Waals surface area contributed by atoms with E-state index < -0.39 is 0 Å². The summed E-state index contributed by atoms with van der Waals surface area (Å²) in [6.07, 6.45) is 1.51. The van der Waals surface area contributed by atoms with Crippen LogP contribution < -0.4 is 9.47 Å². The summed E-state index contributed by atoms with van der Waals surface area (Å²) in [5.41, 5.74) is 1.83. The smallest absolute Gasteiger partial charge is 0.161 e. The number of nitrogens with zero attached hydrogens (tertiary/aromatic N) is 2. The van der Waals surface area contributed by atoms with Gasteiger partial charge in [-0.15, -0.1) is 0 Å². The second kappa shape index (κ2) is 7.88. The lowest BCUT2D eigenvalue weighted by Crippen LogP contribution is -1.98. The first-order valence-electron chi connectivity index (χ1n) is 8.04. The molecule has 0 heterocycles. The highest BCUT2D eigenvalue weighted by Gasteiger charge is 2.08. The van der Waals surface area contributed by atoms with Gasteiger partial charge in [0.1, 0.15) is 24.3 Å². The Morgan fingerprint density at radius 3 is 2.50 bits per heavy atom. The largest absolute Gasteiger partial charge is 0.493 e. The molecule has 0 N–H and O–H groups in total. The summed E-state index contributed by atoms with van der Waals surface area (Å²) in [5.74, 6) is 1.15. The summed E-state index contributed by atoms with van der Waals surface area (Å²) >= 11 is 0. The number of hydrogen-bond donors (Lipinski definition) is 0. The van der Waals surface area contributed by atoms with Crippen LogP contribution in [0, 0.1) is 22.7 Å². The lowest BCUT2D eigenvalue weighted by Gasteiger charge is -2.13. The van der Waals surface area contributed by atoms with E-state index >= 15 is 0 Å². The van der Waals surface area contributed by atoms with Gasteiger partial charge in [0.05, 0.1) is 7.11 Å². The van der Waals surface area contributed by atoms with Gasteiger partial charge in [0.25, 0.3) is 0 Å². The Bertz CT molecular complexity index is 1030. The second-order valence-corrected chi connectivity index (χ2v) is 5.62. The normalized spacial score (nSPS) is 9.81. The molecule has 126 valence electrons. The molecule has 3 rings (SSSR count). The molecule has 0 radical (unpaired) electrons. The lowest BCUT2D eigenvalue weighted by molar-refractivity contribution is 0.285. The number of nitriles is 2. The van der Waals surface area contributed by atoms with Crippen LogP contribution in [0.15, 0.2) is 66.2 Å².